The number of carbonyl (C=O) groups excluding carboxylic acids is 1. The van der Waals surface area contributed by atoms with Crippen LogP contribution >= 0.6 is 0 Å². The molecule has 0 spiro atoms. The number of hydrogen-bond acceptors (Lipinski definition) is 4. The summed E-state index contributed by atoms with van der Waals surface area (Å²) in [6.07, 6.45) is 4.11. The summed E-state index contributed by atoms with van der Waals surface area (Å²) in [6, 6.07) is 1.57. The molecule has 0 amide bonds. The highest BCUT2D eigenvalue weighted by molar-refractivity contribution is 6.67. The average Bonchev–Trinajstić information content (AvgIpc) is 2.23. The van der Waals surface area contributed by atoms with Gasteiger partial charge in [0.1, 0.15) is 0 Å². The van der Waals surface area contributed by atoms with E-state index < -0.39 is 8.56 Å². The molecule has 0 fully saturated rings. The lowest BCUT2D eigenvalue weighted by atomic mass is 10.5. The molecular weight excluding hydrogens is 198 g/mol. The lowest BCUT2D eigenvalue weighted by molar-refractivity contribution is 0.244. The molecule has 0 heterocycles. The summed E-state index contributed by atoms with van der Waals surface area (Å²) in [5, 5.41) is 0. The van der Waals surface area contributed by atoms with Crippen LogP contribution in [0.3, 0.4) is 0 Å². The van der Waals surface area contributed by atoms with Gasteiger partial charge in [-0.15, -0.1) is 6.58 Å². The molecule has 0 bridgehead atoms. The van der Waals surface area contributed by atoms with E-state index in [0.29, 0.717) is 6.54 Å². The van der Waals surface area contributed by atoms with Crippen molar-refractivity contribution in [3.05, 3.63) is 12.7 Å². The molecule has 0 N–H and O–H groups in total. The maximum atomic E-state index is 9.84. The van der Waals surface area contributed by atoms with Crippen molar-refractivity contribution in [2.75, 3.05) is 20.8 Å². The molecule has 0 aliphatic rings. The van der Waals surface area contributed by atoms with Crippen LogP contribution in [0, 0.1) is 0 Å². The van der Waals surface area contributed by atoms with Gasteiger partial charge < -0.3 is 8.85 Å². The Morgan fingerprint density at radius 3 is 2.57 bits per heavy atom. The van der Waals surface area contributed by atoms with E-state index in [4.69, 9.17) is 8.85 Å². The van der Waals surface area contributed by atoms with Gasteiger partial charge in [0.25, 0.3) is 0 Å². The molecule has 5 heteroatoms. The van der Waals surface area contributed by atoms with Crippen molar-refractivity contribution >= 4 is 14.6 Å². The Morgan fingerprint density at radius 2 is 2.14 bits per heavy atom. The summed E-state index contributed by atoms with van der Waals surface area (Å²) >= 11 is 0. The quantitative estimate of drug-likeness (QED) is 0.203. The van der Waals surface area contributed by atoms with Crippen molar-refractivity contribution in [2.45, 2.75) is 18.5 Å². The average molecular weight is 215 g/mol. The molecule has 0 saturated heterocycles. The summed E-state index contributed by atoms with van der Waals surface area (Å²) in [6.45, 7) is 4.16. The minimum Gasteiger partial charge on any atom is -0.397 e. The van der Waals surface area contributed by atoms with Gasteiger partial charge in [-0.1, -0.05) is 6.08 Å². The molecule has 80 valence electrons. The predicted octanol–water partition coefficient (Wildman–Crippen LogP) is 1.63. The third-order valence-corrected chi connectivity index (χ3v) is 5.61. The summed E-state index contributed by atoms with van der Waals surface area (Å²) in [4.78, 5) is 13.3. The Bertz CT molecular complexity index is 210. The lowest BCUT2D eigenvalue weighted by Gasteiger charge is -2.25. The smallest absolute Gasteiger partial charge is 0.341 e. The van der Waals surface area contributed by atoms with E-state index in [1.807, 2.05) is 6.08 Å². The third kappa shape index (κ3) is 4.48. The summed E-state index contributed by atoms with van der Waals surface area (Å²) in [7, 11) is 1.21. The fourth-order valence-corrected chi connectivity index (χ4v) is 3.50. The van der Waals surface area contributed by atoms with Crippen LogP contribution in [-0.4, -0.2) is 35.4 Å². The van der Waals surface area contributed by atoms with Gasteiger partial charge in [0.2, 0.25) is 6.08 Å². The first kappa shape index (κ1) is 13.3. The Hall–Kier alpha value is -0.743. The first-order valence-corrected chi connectivity index (χ1v) is 6.72. The third-order valence-electron chi connectivity index (χ3n) is 2.09. The van der Waals surface area contributed by atoms with E-state index in [1.54, 1.807) is 14.2 Å². The molecule has 0 aromatic rings. The van der Waals surface area contributed by atoms with Gasteiger partial charge in [-0.3, -0.25) is 0 Å². The van der Waals surface area contributed by atoms with Crippen LogP contribution in [0.15, 0.2) is 17.6 Å². The largest absolute Gasteiger partial charge is 0.397 e. The highest BCUT2D eigenvalue weighted by Gasteiger charge is 2.32. The van der Waals surface area contributed by atoms with Crippen molar-refractivity contribution in [1.29, 1.82) is 0 Å². The fraction of sp³-hybridized carbons (Fsp3) is 0.667. The Balaban J connectivity index is 4.05. The van der Waals surface area contributed by atoms with Crippen LogP contribution < -0.4 is 0 Å². The Labute approximate surface area is 85.9 Å². The van der Waals surface area contributed by atoms with Crippen LogP contribution in [-0.2, 0) is 13.6 Å². The zero-order chi connectivity index (χ0) is 10.9. The molecule has 4 nitrogen and oxygen atoms in total. The summed E-state index contributed by atoms with van der Waals surface area (Å²) in [5.74, 6) is 0. The maximum Gasteiger partial charge on any atom is 0.341 e. The van der Waals surface area contributed by atoms with Gasteiger partial charge in [-0.05, 0) is 12.5 Å². The van der Waals surface area contributed by atoms with Gasteiger partial charge in [0.15, 0.2) is 0 Å². The van der Waals surface area contributed by atoms with E-state index >= 15 is 0 Å². The summed E-state index contributed by atoms with van der Waals surface area (Å²) < 4.78 is 10.8. The first-order valence-electron chi connectivity index (χ1n) is 4.49. The maximum absolute atomic E-state index is 9.84. The zero-order valence-corrected chi connectivity index (χ0v) is 9.78. The number of isocyanates is 1. The van der Waals surface area contributed by atoms with Crippen LogP contribution in [0.5, 0.6) is 0 Å². The number of hydrogen-bond donors (Lipinski definition) is 0. The number of nitrogens with zero attached hydrogens (tertiary/aromatic N) is 1. The molecule has 0 aliphatic heterocycles. The highest BCUT2D eigenvalue weighted by atomic mass is 28.4. The molecule has 0 atom stereocenters. The van der Waals surface area contributed by atoms with Crippen molar-refractivity contribution in [3.63, 3.8) is 0 Å². The first-order chi connectivity index (χ1) is 6.74. The van der Waals surface area contributed by atoms with Crippen LogP contribution in [0.25, 0.3) is 0 Å². The van der Waals surface area contributed by atoms with Crippen molar-refractivity contribution in [3.8, 4) is 0 Å². The van der Waals surface area contributed by atoms with Gasteiger partial charge in [0.05, 0.1) is 6.54 Å². The second-order valence-corrected chi connectivity index (χ2v) is 6.43. The van der Waals surface area contributed by atoms with Crippen LogP contribution in [0.1, 0.15) is 6.42 Å². The van der Waals surface area contributed by atoms with Crippen LogP contribution in [0.4, 0.5) is 0 Å². The van der Waals surface area contributed by atoms with E-state index in [-0.39, 0.29) is 0 Å². The minimum absolute atomic E-state index is 0.488. The number of aliphatic imine (C=N–C) groups is 1. The molecule has 0 aliphatic carbocycles. The van der Waals surface area contributed by atoms with Gasteiger partial charge in [0, 0.05) is 20.3 Å². The monoisotopic (exact) mass is 215 g/mol. The molecule has 0 unspecified atom stereocenters. The Kier molecular flexibility index (Phi) is 7.24. The zero-order valence-electron chi connectivity index (χ0n) is 8.78. The standard InChI is InChI=1S/C9H17NO3Si/c1-4-7-14(12-2,13-3)8-5-6-10-9-11/h4H,1,5-8H2,2-3H3. The molecular formula is C9H17NO3Si. The Morgan fingerprint density at radius 1 is 1.50 bits per heavy atom. The SMILES string of the molecule is C=CC[Si](CCCN=C=O)(OC)OC. The number of allylic oxidation sites excluding steroid dienone is 1. The highest BCUT2D eigenvalue weighted by Crippen LogP contribution is 2.19. The van der Waals surface area contributed by atoms with Gasteiger partial charge >= 0.3 is 8.56 Å². The van der Waals surface area contributed by atoms with Gasteiger partial charge in [-0.25, -0.2) is 9.79 Å². The van der Waals surface area contributed by atoms with E-state index in [1.165, 1.54) is 6.08 Å². The molecule has 0 saturated carbocycles. The second-order valence-electron chi connectivity index (χ2n) is 2.89. The predicted molar refractivity (Wildman–Crippen MR) is 57.2 cm³/mol. The molecule has 14 heavy (non-hydrogen) atoms. The molecule has 0 rings (SSSR count). The topological polar surface area (TPSA) is 47.9 Å². The number of rotatable bonds is 8. The lowest BCUT2D eigenvalue weighted by Crippen LogP contribution is -2.39. The fourth-order valence-electron chi connectivity index (χ4n) is 1.25. The van der Waals surface area contributed by atoms with Crippen LogP contribution in [0.2, 0.25) is 12.1 Å². The van der Waals surface area contributed by atoms with E-state index in [0.717, 1.165) is 18.5 Å². The van der Waals surface area contributed by atoms with E-state index in [9.17, 15) is 4.79 Å². The normalized spacial score (nSPS) is 10.7. The minimum atomic E-state index is -2.10. The summed E-state index contributed by atoms with van der Waals surface area (Å²) in [5.41, 5.74) is 0. The molecule has 0 aromatic carbocycles. The van der Waals surface area contributed by atoms with Crippen molar-refractivity contribution in [1.82, 2.24) is 0 Å². The van der Waals surface area contributed by atoms with Gasteiger partial charge in [-0.2, -0.15) is 0 Å². The second kappa shape index (κ2) is 7.64. The van der Waals surface area contributed by atoms with Crippen molar-refractivity contribution < 1.29 is 13.6 Å². The molecule has 0 radical (unpaired) electrons. The molecule has 0 aromatic heterocycles. The van der Waals surface area contributed by atoms with Crippen molar-refractivity contribution in [2.24, 2.45) is 4.99 Å². The van der Waals surface area contributed by atoms with E-state index in [2.05, 4.69) is 11.6 Å².